The Bertz CT molecular complexity index is 721. The fourth-order valence-electron chi connectivity index (χ4n) is 3.32. The average Bonchev–Trinajstić information content (AvgIpc) is 2.82. The highest BCUT2D eigenvalue weighted by Crippen LogP contribution is 2.44. The lowest BCUT2D eigenvalue weighted by Crippen LogP contribution is -2.47. The number of hydrogen-bond acceptors (Lipinski definition) is 6. The van der Waals surface area contributed by atoms with Crippen LogP contribution in [0.25, 0.3) is 0 Å². The van der Waals surface area contributed by atoms with E-state index >= 15 is 0 Å². The maximum absolute atomic E-state index is 12.5. The van der Waals surface area contributed by atoms with Crippen LogP contribution in [-0.4, -0.2) is 33.9 Å². The molecule has 0 saturated carbocycles. The van der Waals surface area contributed by atoms with Crippen molar-refractivity contribution in [3.8, 4) is 0 Å². The summed E-state index contributed by atoms with van der Waals surface area (Å²) in [5.74, 6) is 1.41. The zero-order valence-electron chi connectivity index (χ0n) is 12.0. The van der Waals surface area contributed by atoms with Gasteiger partial charge in [-0.1, -0.05) is 6.07 Å². The van der Waals surface area contributed by atoms with Gasteiger partial charge in [-0.3, -0.25) is 4.79 Å². The number of aromatic nitrogens is 3. The fraction of sp³-hybridized carbons (Fsp3) is 0.333. The van der Waals surface area contributed by atoms with Crippen molar-refractivity contribution in [3.05, 3.63) is 36.3 Å². The molecule has 1 fully saturated rings. The number of nitrogens with two attached hydrogens (primary N) is 1. The molecule has 4 rings (SSSR count). The molecule has 1 spiro atoms. The molecule has 2 aromatic rings. The number of nitrogen functional groups attached to an aromatic ring is 1. The van der Waals surface area contributed by atoms with Gasteiger partial charge in [0.25, 0.3) is 0 Å². The molecular formula is C15H16N6O. The summed E-state index contributed by atoms with van der Waals surface area (Å²) in [6, 6.07) is 3.88. The first-order valence-electron chi connectivity index (χ1n) is 7.28. The quantitative estimate of drug-likeness (QED) is 0.813. The summed E-state index contributed by atoms with van der Waals surface area (Å²) in [5.41, 5.74) is 6.71. The molecular weight excluding hydrogens is 280 g/mol. The highest BCUT2D eigenvalue weighted by Gasteiger charge is 2.49. The molecule has 2 aliphatic heterocycles. The lowest BCUT2D eigenvalue weighted by molar-refractivity contribution is -0.121. The number of hydrogen-bond donors (Lipinski definition) is 2. The van der Waals surface area contributed by atoms with Crippen molar-refractivity contribution in [2.75, 3.05) is 29.0 Å². The van der Waals surface area contributed by atoms with Crippen molar-refractivity contribution in [1.82, 2.24) is 15.0 Å². The van der Waals surface area contributed by atoms with Crippen molar-refractivity contribution in [2.45, 2.75) is 18.3 Å². The first-order valence-corrected chi connectivity index (χ1v) is 7.28. The molecule has 112 valence electrons. The topological polar surface area (TPSA) is 97.0 Å². The SMILES string of the molecule is Nc1cnc(N2CCC3(CC2)C(=O)Nc2ncccc23)nc1. The maximum Gasteiger partial charge on any atom is 0.236 e. The Morgan fingerprint density at radius 3 is 2.64 bits per heavy atom. The molecule has 3 N–H and O–H groups in total. The third kappa shape index (κ3) is 1.82. The lowest BCUT2D eigenvalue weighted by atomic mass is 9.74. The molecule has 2 aliphatic rings. The van der Waals surface area contributed by atoms with Crippen molar-refractivity contribution in [2.24, 2.45) is 0 Å². The predicted octanol–water partition coefficient (Wildman–Crippen LogP) is 0.944. The van der Waals surface area contributed by atoms with E-state index in [1.54, 1.807) is 18.6 Å². The number of fused-ring (bicyclic) bond motifs is 2. The van der Waals surface area contributed by atoms with Gasteiger partial charge in [-0.05, 0) is 18.9 Å². The smallest absolute Gasteiger partial charge is 0.236 e. The van der Waals surface area contributed by atoms with Crippen molar-refractivity contribution in [1.29, 1.82) is 0 Å². The summed E-state index contributed by atoms with van der Waals surface area (Å²) >= 11 is 0. The maximum atomic E-state index is 12.5. The normalized spacial score (nSPS) is 19.1. The van der Waals surface area contributed by atoms with Crippen molar-refractivity contribution >= 4 is 23.4 Å². The zero-order chi connectivity index (χ0) is 15.2. The van der Waals surface area contributed by atoms with Crippen LogP contribution in [0.1, 0.15) is 18.4 Å². The van der Waals surface area contributed by atoms with Gasteiger partial charge in [0, 0.05) is 24.8 Å². The largest absolute Gasteiger partial charge is 0.396 e. The Hall–Kier alpha value is -2.70. The molecule has 0 radical (unpaired) electrons. The van der Waals surface area contributed by atoms with Crippen LogP contribution in [-0.2, 0) is 10.2 Å². The minimum Gasteiger partial charge on any atom is -0.396 e. The Kier molecular flexibility index (Phi) is 2.75. The Balaban J connectivity index is 1.59. The second kappa shape index (κ2) is 4.66. The first kappa shape index (κ1) is 13.0. The molecule has 0 bridgehead atoms. The summed E-state index contributed by atoms with van der Waals surface area (Å²) < 4.78 is 0. The van der Waals surface area contributed by atoms with E-state index in [-0.39, 0.29) is 5.91 Å². The summed E-state index contributed by atoms with van der Waals surface area (Å²) in [7, 11) is 0. The molecule has 0 aliphatic carbocycles. The monoisotopic (exact) mass is 296 g/mol. The number of carbonyl (C=O) groups is 1. The van der Waals surface area contributed by atoms with Crippen LogP contribution in [0.15, 0.2) is 30.7 Å². The molecule has 0 aromatic carbocycles. The van der Waals surface area contributed by atoms with Crippen LogP contribution in [0.2, 0.25) is 0 Å². The molecule has 22 heavy (non-hydrogen) atoms. The van der Waals surface area contributed by atoms with E-state index in [0.29, 0.717) is 17.5 Å². The number of nitrogens with one attached hydrogen (secondary N) is 1. The summed E-state index contributed by atoms with van der Waals surface area (Å²) in [6.45, 7) is 1.46. The summed E-state index contributed by atoms with van der Waals surface area (Å²) in [6.07, 6.45) is 6.37. The van der Waals surface area contributed by atoms with E-state index in [1.165, 1.54) is 0 Å². The molecule has 4 heterocycles. The predicted molar refractivity (Wildman–Crippen MR) is 82.4 cm³/mol. The second-order valence-corrected chi connectivity index (χ2v) is 5.74. The number of pyridine rings is 1. The van der Waals surface area contributed by atoms with Crippen LogP contribution in [0.3, 0.4) is 0 Å². The Morgan fingerprint density at radius 1 is 1.18 bits per heavy atom. The lowest BCUT2D eigenvalue weighted by Gasteiger charge is -2.37. The number of carbonyl (C=O) groups excluding carboxylic acids is 1. The number of nitrogens with zero attached hydrogens (tertiary/aromatic N) is 4. The molecule has 2 aromatic heterocycles. The van der Waals surface area contributed by atoms with Gasteiger partial charge in [-0.2, -0.15) is 0 Å². The first-order chi connectivity index (χ1) is 10.7. The van der Waals surface area contributed by atoms with E-state index in [1.807, 2.05) is 12.1 Å². The number of piperidine rings is 1. The highest BCUT2D eigenvalue weighted by atomic mass is 16.2. The minimum atomic E-state index is -0.464. The molecule has 1 saturated heterocycles. The number of anilines is 3. The Morgan fingerprint density at radius 2 is 1.91 bits per heavy atom. The van der Waals surface area contributed by atoms with Crippen LogP contribution >= 0.6 is 0 Å². The van der Waals surface area contributed by atoms with Gasteiger partial charge in [0.15, 0.2) is 0 Å². The van der Waals surface area contributed by atoms with Gasteiger partial charge in [0.05, 0.1) is 23.5 Å². The summed E-state index contributed by atoms with van der Waals surface area (Å²) in [4.78, 5) is 27.3. The third-order valence-electron chi connectivity index (χ3n) is 4.55. The fourth-order valence-corrected chi connectivity index (χ4v) is 3.32. The van der Waals surface area contributed by atoms with Crippen LogP contribution in [0, 0.1) is 0 Å². The van der Waals surface area contributed by atoms with E-state index < -0.39 is 5.41 Å². The van der Waals surface area contributed by atoms with Crippen LogP contribution < -0.4 is 16.0 Å². The molecule has 0 unspecified atom stereocenters. The van der Waals surface area contributed by atoms with E-state index in [0.717, 1.165) is 31.5 Å². The number of rotatable bonds is 1. The molecule has 0 atom stereocenters. The van der Waals surface area contributed by atoms with Crippen molar-refractivity contribution in [3.63, 3.8) is 0 Å². The Labute approximate surface area is 127 Å². The van der Waals surface area contributed by atoms with Gasteiger partial charge < -0.3 is 16.0 Å². The molecule has 7 nitrogen and oxygen atoms in total. The minimum absolute atomic E-state index is 0.0547. The second-order valence-electron chi connectivity index (χ2n) is 5.74. The molecule has 1 amide bonds. The van der Waals surface area contributed by atoms with Crippen LogP contribution in [0.5, 0.6) is 0 Å². The number of amides is 1. The zero-order valence-corrected chi connectivity index (χ0v) is 12.0. The standard InChI is InChI=1S/C15H16N6O/c16-10-8-18-14(19-9-10)21-6-3-15(4-7-21)11-2-1-5-17-12(11)20-13(15)22/h1-2,5,8-9H,3-4,6-7,16H2,(H,17,20,22). The van der Waals surface area contributed by atoms with Crippen molar-refractivity contribution < 1.29 is 4.79 Å². The highest BCUT2D eigenvalue weighted by molar-refractivity contribution is 6.05. The van der Waals surface area contributed by atoms with Gasteiger partial charge in [-0.15, -0.1) is 0 Å². The van der Waals surface area contributed by atoms with Gasteiger partial charge in [0.2, 0.25) is 11.9 Å². The molecule has 7 heteroatoms. The van der Waals surface area contributed by atoms with Crippen LogP contribution in [0.4, 0.5) is 17.5 Å². The van der Waals surface area contributed by atoms with Gasteiger partial charge in [-0.25, -0.2) is 15.0 Å². The van der Waals surface area contributed by atoms with Gasteiger partial charge in [0.1, 0.15) is 5.82 Å². The summed E-state index contributed by atoms with van der Waals surface area (Å²) in [5, 5.41) is 2.90. The van der Waals surface area contributed by atoms with E-state index in [2.05, 4.69) is 25.2 Å². The van der Waals surface area contributed by atoms with E-state index in [4.69, 9.17) is 5.73 Å². The van der Waals surface area contributed by atoms with Gasteiger partial charge >= 0.3 is 0 Å². The third-order valence-corrected chi connectivity index (χ3v) is 4.55. The average molecular weight is 296 g/mol. The van der Waals surface area contributed by atoms with E-state index in [9.17, 15) is 4.79 Å².